The lowest BCUT2D eigenvalue weighted by molar-refractivity contribution is -0.149. The molecule has 0 bridgehead atoms. The second-order valence-electron chi connectivity index (χ2n) is 13.4. The first-order valence-corrected chi connectivity index (χ1v) is 17.9. The highest BCUT2D eigenvalue weighted by molar-refractivity contribution is 5.81. The van der Waals surface area contributed by atoms with E-state index in [2.05, 4.69) is 16.0 Å². The van der Waals surface area contributed by atoms with Crippen LogP contribution >= 0.6 is 0 Å². The van der Waals surface area contributed by atoms with E-state index in [9.17, 15) is 19.5 Å². The van der Waals surface area contributed by atoms with Crippen molar-refractivity contribution >= 4 is 18.0 Å². The number of amides is 2. The van der Waals surface area contributed by atoms with Gasteiger partial charge in [-0.25, -0.2) is 4.79 Å². The van der Waals surface area contributed by atoms with Gasteiger partial charge in [0.2, 0.25) is 5.91 Å². The predicted octanol–water partition coefficient (Wildman–Crippen LogP) is 2.73. The number of carbonyl (C=O) groups excluding carboxylic acids is 3. The number of aliphatic hydroxyl groups excluding tert-OH is 1. The second kappa shape index (κ2) is 24.5. The fraction of sp³-hybridized carbons (Fsp3) is 0.605. The van der Waals surface area contributed by atoms with Crippen LogP contribution in [0.25, 0.3) is 0 Å². The summed E-state index contributed by atoms with van der Waals surface area (Å²) < 4.78 is 33.0. The molecular formula is C38H60N4O10. The van der Waals surface area contributed by atoms with Crippen molar-refractivity contribution in [2.75, 3.05) is 59.4 Å². The van der Waals surface area contributed by atoms with Gasteiger partial charge < -0.3 is 49.9 Å². The lowest BCUT2D eigenvalue weighted by Gasteiger charge is -2.31. The summed E-state index contributed by atoms with van der Waals surface area (Å²) in [5.74, 6) is -0.0899. The molecule has 0 aliphatic rings. The fourth-order valence-corrected chi connectivity index (χ4v) is 4.75. The summed E-state index contributed by atoms with van der Waals surface area (Å²) in [6.45, 7) is 14.2. The zero-order valence-corrected chi connectivity index (χ0v) is 31.6. The van der Waals surface area contributed by atoms with E-state index in [0.29, 0.717) is 58.5 Å². The first kappa shape index (κ1) is 44.4. The van der Waals surface area contributed by atoms with Gasteiger partial charge in [-0.1, -0.05) is 56.3 Å². The van der Waals surface area contributed by atoms with Gasteiger partial charge in [0.1, 0.15) is 30.1 Å². The van der Waals surface area contributed by atoms with Crippen LogP contribution in [0, 0.1) is 5.92 Å². The van der Waals surface area contributed by atoms with Crippen LogP contribution in [0.2, 0.25) is 0 Å². The Morgan fingerprint density at radius 1 is 0.827 bits per heavy atom. The zero-order valence-electron chi connectivity index (χ0n) is 31.6. The monoisotopic (exact) mass is 732 g/mol. The van der Waals surface area contributed by atoms with Crippen molar-refractivity contribution in [3.8, 4) is 5.75 Å². The molecule has 6 N–H and O–H groups in total. The molecule has 0 fully saturated rings. The summed E-state index contributed by atoms with van der Waals surface area (Å²) in [6, 6.07) is 14.2. The number of esters is 1. The minimum Gasteiger partial charge on any atom is -0.491 e. The van der Waals surface area contributed by atoms with E-state index in [0.717, 1.165) is 11.1 Å². The highest BCUT2D eigenvalue weighted by Gasteiger charge is 2.35. The van der Waals surface area contributed by atoms with E-state index in [4.69, 9.17) is 34.2 Å². The Labute approximate surface area is 308 Å². The predicted molar refractivity (Wildman–Crippen MR) is 197 cm³/mol. The maximum absolute atomic E-state index is 13.0. The van der Waals surface area contributed by atoms with E-state index in [-0.39, 0.29) is 31.4 Å². The molecule has 14 nitrogen and oxygen atoms in total. The van der Waals surface area contributed by atoms with Gasteiger partial charge >= 0.3 is 12.1 Å². The van der Waals surface area contributed by atoms with Gasteiger partial charge in [0.15, 0.2) is 0 Å². The van der Waals surface area contributed by atoms with Crippen LogP contribution in [0.15, 0.2) is 54.6 Å². The standard InChI is InChI=1S/C38H60N4O10/c1-7-50-36(45)33(34(43)31(25-28-11-9-8-10-12-28)42-37(46)52-38(4,5)6)41-26-29-13-15-30(16-14-29)51-24-23-49-22-21-48-20-19-47-18-17-40-35(44)32(39)27(2)3/h8-16,27,31-34,41,43H,7,17-26,39H2,1-6H3,(H,40,44)(H,42,46)/t31-,32-,33+,34+/m0/s1. The number of carbonyl (C=O) groups is 3. The van der Waals surface area contributed by atoms with Crippen molar-refractivity contribution in [1.82, 2.24) is 16.0 Å². The summed E-state index contributed by atoms with van der Waals surface area (Å²) in [6.07, 6.45) is -1.78. The van der Waals surface area contributed by atoms with E-state index in [1.165, 1.54) is 0 Å². The molecule has 292 valence electrons. The summed E-state index contributed by atoms with van der Waals surface area (Å²) >= 11 is 0. The molecule has 52 heavy (non-hydrogen) atoms. The summed E-state index contributed by atoms with van der Waals surface area (Å²) in [5, 5.41) is 20.1. The highest BCUT2D eigenvalue weighted by Crippen LogP contribution is 2.16. The van der Waals surface area contributed by atoms with Crippen LogP contribution in [-0.2, 0) is 46.2 Å². The number of hydrogen-bond acceptors (Lipinski definition) is 12. The molecule has 0 aliphatic carbocycles. The number of aliphatic hydroxyl groups is 1. The number of nitrogens with two attached hydrogens (primary N) is 1. The van der Waals surface area contributed by atoms with Crippen molar-refractivity contribution in [1.29, 1.82) is 0 Å². The van der Waals surface area contributed by atoms with Gasteiger partial charge in [-0.15, -0.1) is 0 Å². The van der Waals surface area contributed by atoms with Crippen molar-refractivity contribution in [3.05, 3.63) is 65.7 Å². The van der Waals surface area contributed by atoms with Crippen LogP contribution < -0.4 is 26.4 Å². The number of benzene rings is 2. The zero-order chi connectivity index (χ0) is 38.4. The molecule has 2 aromatic rings. The highest BCUT2D eigenvalue weighted by atomic mass is 16.6. The van der Waals surface area contributed by atoms with Crippen molar-refractivity contribution < 1.29 is 47.9 Å². The van der Waals surface area contributed by atoms with Crippen LogP contribution in [0.4, 0.5) is 4.79 Å². The van der Waals surface area contributed by atoms with E-state index >= 15 is 0 Å². The first-order valence-electron chi connectivity index (χ1n) is 17.9. The topological polar surface area (TPSA) is 189 Å². The number of nitrogens with one attached hydrogen (secondary N) is 3. The molecular weight excluding hydrogens is 672 g/mol. The van der Waals surface area contributed by atoms with Crippen molar-refractivity contribution in [2.45, 2.75) is 84.3 Å². The smallest absolute Gasteiger partial charge is 0.407 e. The van der Waals surface area contributed by atoms with E-state index < -0.39 is 41.9 Å². The molecule has 0 saturated carbocycles. The molecule has 0 heterocycles. The van der Waals surface area contributed by atoms with Crippen LogP contribution in [0.5, 0.6) is 5.75 Å². The first-order chi connectivity index (χ1) is 24.8. The van der Waals surface area contributed by atoms with Crippen LogP contribution in [0.1, 0.15) is 52.7 Å². The third-order valence-electron chi connectivity index (χ3n) is 7.55. The molecule has 2 amide bonds. The molecule has 2 rings (SSSR count). The normalized spacial score (nSPS) is 13.9. The third-order valence-corrected chi connectivity index (χ3v) is 7.55. The molecule has 4 atom stereocenters. The Hall–Kier alpha value is -3.79. The fourth-order valence-electron chi connectivity index (χ4n) is 4.75. The summed E-state index contributed by atoms with van der Waals surface area (Å²) in [5.41, 5.74) is 6.76. The lowest BCUT2D eigenvalue weighted by Crippen LogP contribution is -2.57. The molecule has 0 unspecified atom stereocenters. The van der Waals surface area contributed by atoms with Crippen molar-refractivity contribution in [3.63, 3.8) is 0 Å². The second-order valence-corrected chi connectivity index (χ2v) is 13.4. The average molecular weight is 733 g/mol. The van der Waals surface area contributed by atoms with Crippen LogP contribution in [0.3, 0.4) is 0 Å². The largest absolute Gasteiger partial charge is 0.491 e. The van der Waals surface area contributed by atoms with Gasteiger partial charge in [0.25, 0.3) is 0 Å². The minimum atomic E-state index is -1.34. The molecule has 0 saturated heterocycles. The quantitative estimate of drug-likeness (QED) is 0.0743. The molecule has 0 radical (unpaired) electrons. The van der Waals surface area contributed by atoms with Gasteiger partial charge in [0.05, 0.1) is 58.3 Å². The number of alkyl carbamates (subject to hydrolysis) is 1. The maximum Gasteiger partial charge on any atom is 0.407 e. The van der Waals surface area contributed by atoms with Crippen molar-refractivity contribution in [2.24, 2.45) is 11.7 Å². The number of hydrogen-bond donors (Lipinski definition) is 5. The molecule has 2 aromatic carbocycles. The van der Waals surface area contributed by atoms with Gasteiger partial charge in [-0.2, -0.15) is 0 Å². The Balaban J connectivity index is 1.75. The third kappa shape index (κ3) is 18.6. The Morgan fingerprint density at radius 3 is 2.00 bits per heavy atom. The van der Waals surface area contributed by atoms with E-state index in [1.54, 1.807) is 27.7 Å². The lowest BCUT2D eigenvalue weighted by atomic mass is 9.96. The van der Waals surface area contributed by atoms with Gasteiger partial charge in [0, 0.05) is 13.1 Å². The van der Waals surface area contributed by atoms with Gasteiger partial charge in [-0.3, -0.25) is 14.9 Å². The summed E-state index contributed by atoms with van der Waals surface area (Å²) in [7, 11) is 0. The van der Waals surface area contributed by atoms with E-state index in [1.807, 2.05) is 68.4 Å². The Morgan fingerprint density at radius 2 is 1.42 bits per heavy atom. The molecule has 0 aromatic heterocycles. The summed E-state index contributed by atoms with van der Waals surface area (Å²) in [4.78, 5) is 37.5. The number of ether oxygens (including phenoxy) is 6. The van der Waals surface area contributed by atoms with Crippen LogP contribution in [-0.4, -0.2) is 112 Å². The Kier molecular flexibility index (Phi) is 20.9. The average Bonchev–Trinajstić information content (AvgIpc) is 3.09. The SMILES string of the molecule is CCOC(=O)[C@H](NCc1ccc(OCCOCCOCCOCCNC(=O)[C@@H](N)C(C)C)cc1)[C@H](O)[C@H](Cc1ccccc1)NC(=O)OC(C)(C)C. The Bertz CT molecular complexity index is 1290. The molecule has 0 spiro atoms. The minimum absolute atomic E-state index is 0.0790. The number of rotatable bonds is 25. The molecule has 0 aliphatic heterocycles. The van der Waals surface area contributed by atoms with Gasteiger partial charge in [-0.05, 0) is 63.3 Å². The maximum atomic E-state index is 13.0. The molecule has 14 heteroatoms.